The van der Waals surface area contributed by atoms with Crippen molar-refractivity contribution in [2.75, 3.05) is 19.5 Å². The third-order valence-corrected chi connectivity index (χ3v) is 7.50. The zero-order chi connectivity index (χ0) is 23.4. The van der Waals surface area contributed by atoms with Crippen LogP contribution in [-0.4, -0.2) is 37.2 Å². The molecule has 0 saturated carbocycles. The minimum Gasteiger partial charge on any atom is -0.493 e. The first-order valence-corrected chi connectivity index (χ1v) is 12.5. The van der Waals surface area contributed by atoms with Gasteiger partial charge < -0.3 is 14.2 Å². The minimum atomic E-state index is -0.884. The lowest BCUT2D eigenvalue weighted by Gasteiger charge is -2.14. The highest BCUT2D eigenvalue weighted by Gasteiger charge is 2.25. The van der Waals surface area contributed by atoms with Crippen LogP contribution in [0.1, 0.15) is 46.3 Å². The number of anilines is 1. The van der Waals surface area contributed by atoms with Gasteiger partial charge in [0.2, 0.25) is 0 Å². The van der Waals surface area contributed by atoms with E-state index in [0.29, 0.717) is 33.6 Å². The van der Waals surface area contributed by atoms with Crippen molar-refractivity contribution in [2.24, 2.45) is 0 Å². The predicted octanol–water partition coefficient (Wildman–Crippen LogP) is 5.34. The zero-order valence-corrected chi connectivity index (χ0v) is 20.4. The van der Waals surface area contributed by atoms with Gasteiger partial charge in [-0.05, 0) is 61.9 Å². The minimum absolute atomic E-state index is 0.372. The number of nitrogens with one attached hydrogen (secondary N) is 1. The molecule has 3 aromatic rings. The third kappa shape index (κ3) is 5.20. The number of ether oxygens (including phenoxy) is 3. The molecule has 1 aliphatic carbocycles. The molecule has 1 atom stereocenters. The van der Waals surface area contributed by atoms with E-state index in [2.05, 4.69) is 10.3 Å². The highest BCUT2D eigenvalue weighted by atomic mass is 32.1. The Morgan fingerprint density at radius 1 is 1.12 bits per heavy atom. The smallest absolute Gasteiger partial charge is 0.349 e. The number of amides is 1. The quantitative estimate of drug-likeness (QED) is 0.433. The summed E-state index contributed by atoms with van der Waals surface area (Å²) in [6, 6.07) is 7.43. The van der Waals surface area contributed by atoms with E-state index in [-0.39, 0.29) is 5.91 Å². The first kappa shape index (κ1) is 23.3. The fraction of sp³-hybridized carbons (Fsp3) is 0.375. The number of rotatable bonds is 8. The lowest BCUT2D eigenvalue weighted by Crippen LogP contribution is -2.31. The van der Waals surface area contributed by atoms with Gasteiger partial charge >= 0.3 is 5.97 Å². The van der Waals surface area contributed by atoms with E-state index in [4.69, 9.17) is 14.2 Å². The van der Waals surface area contributed by atoms with Crippen LogP contribution in [0, 0.1) is 0 Å². The lowest BCUT2D eigenvalue weighted by atomic mass is 9.99. The van der Waals surface area contributed by atoms with E-state index in [0.717, 1.165) is 31.2 Å². The third-order valence-electron chi connectivity index (χ3n) is 5.52. The number of nitrogens with zero attached hydrogens (tertiary/aromatic N) is 1. The summed E-state index contributed by atoms with van der Waals surface area (Å²) in [5.41, 5.74) is 2.77. The number of methoxy groups -OCH3 is 2. The number of fused-ring (bicyclic) bond motifs is 1. The molecule has 33 heavy (non-hydrogen) atoms. The molecule has 0 aliphatic heterocycles. The summed E-state index contributed by atoms with van der Waals surface area (Å²) in [4.78, 5) is 31.8. The van der Waals surface area contributed by atoms with Gasteiger partial charge in [0, 0.05) is 15.8 Å². The Balaban J connectivity index is 1.41. The maximum atomic E-state index is 12.8. The average molecular weight is 487 g/mol. The Labute approximate surface area is 200 Å². The van der Waals surface area contributed by atoms with Gasteiger partial charge in [-0.2, -0.15) is 0 Å². The van der Waals surface area contributed by atoms with Crippen molar-refractivity contribution < 1.29 is 23.8 Å². The molecule has 0 spiro atoms. The highest BCUT2D eigenvalue weighted by molar-refractivity contribution is 7.14. The summed E-state index contributed by atoms with van der Waals surface area (Å²) >= 11 is 2.79. The second-order valence-corrected chi connectivity index (χ2v) is 9.66. The molecule has 4 rings (SSSR count). The second kappa shape index (κ2) is 10.4. The van der Waals surface area contributed by atoms with E-state index in [1.54, 1.807) is 20.3 Å². The number of hydrogen-bond acceptors (Lipinski definition) is 8. The van der Waals surface area contributed by atoms with Crippen LogP contribution in [0.15, 0.2) is 29.6 Å². The molecule has 1 unspecified atom stereocenters. The van der Waals surface area contributed by atoms with Crippen molar-refractivity contribution >= 4 is 39.7 Å². The van der Waals surface area contributed by atoms with Crippen LogP contribution in [-0.2, 0) is 22.4 Å². The molecule has 1 aliphatic rings. The summed E-state index contributed by atoms with van der Waals surface area (Å²) in [7, 11) is 3.16. The van der Waals surface area contributed by atoms with Gasteiger partial charge in [0.15, 0.2) is 22.7 Å². The maximum absolute atomic E-state index is 12.8. The van der Waals surface area contributed by atoms with Gasteiger partial charge in [-0.25, -0.2) is 9.78 Å². The van der Waals surface area contributed by atoms with Crippen molar-refractivity contribution in [1.29, 1.82) is 0 Å². The molecule has 1 N–H and O–H groups in total. The van der Waals surface area contributed by atoms with Crippen molar-refractivity contribution in [3.63, 3.8) is 0 Å². The van der Waals surface area contributed by atoms with E-state index in [9.17, 15) is 9.59 Å². The molecule has 0 bridgehead atoms. The standard InChI is InChI=1S/C24H26N2O5S2/c1-4-17(31-23(28)21-12-15-7-5-6-8-20(15)33-21)22(27)26-24-25-16(13-32-24)14-9-10-18(29-2)19(11-14)30-3/h9-13,17H,4-8H2,1-3H3,(H,25,26,27). The van der Waals surface area contributed by atoms with Crippen molar-refractivity contribution in [2.45, 2.75) is 45.1 Å². The molecule has 0 radical (unpaired) electrons. The van der Waals surface area contributed by atoms with Gasteiger partial charge in [0.05, 0.1) is 19.9 Å². The summed E-state index contributed by atoms with van der Waals surface area (Å²) in [6.45, 7) is 1.81. The molecule has 1 aromatic carbocycles. The number of aromatic nitrogens is 1. The first-order chi connectivity index (χ1) is 16.0. The van der Waals surface area contributed by atoms with E-state index >= 15 is 0 Å². The Morgan fingerprint density at radius 3 is 2.64 bits per heavy atom. The van der Waals surface area contributed by atoms with Crippen LogP contribution >= 0.6 is 22.7 Å². The topological polar surface area (TPSA) is 86.8 Å². The number of benzene rings is 1. The lowest BCUT2D eigenvalue weighted by molar-refractivity contribution is -0.124. The molecule has 174 valence electrons. The summed E-state index contributed by atoms with van der Waals surface area (Å²) in [5, 5.41) is 5.06. The van der Waals surface area contributed by atoms with Crippen LogP contribution in [0.4, 0.5) is 5.13 Å². The predicted molar refractivity (Wildman–Crippen MR) is 130 cm³/mol. The molecule has 9 heteroatoms. The Kier molecular flexibility index (Phi) is 7.29. The van der Waals surface area contributed by atoms with Gasteiger partial charge in [-0.1, -0.05) is 6.92 Å². The summed E-state index contributed by atoms with van der Waals surface area (Å²) in [6.07, 6.45) is 3.81. The van der Waals surface area contributed by atoms with Gasteiger partial charge in [-0.3, -0.25) is 10.1 Å². The van der Waals surface area contributed by atoms with Crippen molar-refractivity contribution in [3.8, 4) is 22.8 Å². The molecule has 7 nitrogen and oxygen atoms in total. The van der Waals surface area contributed by atoms with Crippen molar-refractivity contribution in [3.05, 3.63) is 45.0 Å². The van der Waals surface area contributed by atoms with Crippen LogP contribution < -0.4 is 14.8 Å². The maximum Gasteiger partial charge on any atom is 0.349 e. The Hall–Kier alpha value is -2.91. The molecular formula is C24H26N2O5S2. The van der Waals surface area contributed by atoms with Crippen LogP contribution in [0.25, 0.3) is 11.3 Å². The molecule has 0 fully saturated rings. The Bertz CT molecular complexity index is 1130. The summed E-state index contributed by atoms with van der Waals surface area (Å²) in [5.74, 6) is 0.396. The summed E-state index contributed by atoms with van der Waals surface area (Å²) < 4.78 is 16.2. The normalized spacial score (nSPS) is 13.7. The van der Waals surface area contributed by atoms with Crippen molar-refractivity contribution in [1.82, 2.24) is 4.98 Å². The van der Waals surface area contributed by atoms with Gasteiger partial charge in [0.1, 0.15) is 4.88 Å². The monoisotopic (exact) mass is 486 g/mol. The van der Waals surface area contributed by atoms with Crippen LogP contribution in [0.3, 0.4) is 0 Å². The highest BCUT2D eigenvalue weighted by Crippen LogP contribution is 2.34. The first-order valence-electron chi connectivity index (χ1n) is 10.8. The number of carbonyl (C=O) groups is 2. The number of carbonyl (C=O) groups excluding carboxylic acids is 2. The molecule has 2 heterocycles. The fourth-order valence-corrected chi connectivity index (χ4v) is 5.61. The van der Waals surface area contributed by atoms with E-state index in [1.807, 2.05) is 30.5 Å². The van der Waals surface area contributed by atoms with Gasteiger partial charge in [0.25, 0.3) is 5.91 Å². The number of hydrogen-bond donors (Lipinski definition) is 1. The number of thiophene rings is 1. The second-order valence-electron chi connectivity index (χ2n) is 7.67. The molecular weight excluding hydrogens is 460 g/mol. The Morgan fingerprint density at radius 2 is 1.91 bits per heavy atom. The number of thiazole rings is 1. The fourth-order valence-electron chi connectivity index (χ4n) is 3.75. The van der Waals surface area contributed by atoms with E-state index in [1.165, 1.54) is 33.1 Å². The SMILES string of the molecule is CCC(OC(=O)c1cc2c(s1)CCCC2)C(=O)Nc1nc(-c2ccc(OC)c(OC)c2)cs1. The van der Waals surface area contributed by atoms with Crippen LogP contribution in [0.5, 0.6) is 11.5 Å². The molecule has 0 saturated heterocycles. The number of aryl methyl sites for hydroxylation is 2. The van der Waals surface area contributed by atoms with Crippen LogP contribution in [0.2, 0.25) is 0 Å². The zero-order valence-electron chi connectivity index (χ0n) is 18.8. The average Bonchev–Trinajstić information content (AvgIpc) is 3.49. The number of esters is 1. The molecule has 1 amide bonds. The van der Waals surface area contributed by atoms with E-state index < -0.39 is 12.1 Å². The van der Waals surface area contributed by atoms with Gasteiger partial charge in [-0.15, -0.1) is 22.7 Å². The molecule has 2 aromatic heterocycles. The largest absolute Gasteiger partial charge is 0.493 e.